The highest BCUT2D eigenvalue weighted by Crippen LogP contribution is 2.22. The lowest BCUT2D eigenvalue weighted by Crippen LogP contribution is -2.20. The Morgan fingerprint density at radius 3 is 2.69 bits per heavy atom. The van der Waals surface area contributed by atoms with Gasteiger partial charge in [-0.05, 0) is 43.3 Å². The molecule has 0 aliphatic rings. The molecule has 0 fully saturated rings. The molecule has 0 radical (unpaired) electrons. The number of nitrogens with zero attached hydrogens (tertiary/aromatic N) is 1. The first kappa shape index (κ1) is 17.5. The minimum Gasteiger partial charge on any atom is -0.497 e. The zero-order valence-electron chi connectivity index (χ0n) is 14.7. The summed E-state index contributed by atoms with van der Waals surface area (Å²) in [6, 6.07) is 14.4. The van der Waals surface area contributed by atoms with E-state index in [1.807, 2.05) is 35.0 Å². The number of amides is 1. The third kappa shape index (κ3) is 3.69. The average Bonchev–Trinajstić information content (AvgIpc) is 3.04. The van der Waals surface area contributed by atoms with Crippen LogP contribution in [0.25, 0.3) is 10.9 Å². The molecule has 0 bridgehead atoms. The zero-order chi connectivity index (χ0) is 18.5. The number of nitrogens with one attached hydrogen (secondary N) is 1. The first-order chi connectivity index (χ1) is 12.6. The van der Waals surface area contributed by atoms with Crippen molar-refractivity contribution in [2.45, 2.75) is 13.5 Å². The van der Waals surface area contributed by atoms with Crippen LogP contribution in [0.3, 0.4) is 0 Å². The van der Waals surface area contributed by atoms with Crippen LogP contribution in [-0.2, 0) is 16.1 Å². The number of para-hydroxylation sites is 1. The van der Waals surface area contributed by atoms with Crippen LogP contribution in [0.1, 0.15) is 17.3 Å². The SMILES string of the molecule is CCOC(=O)c1ccccc1NC(=O)Cn1ccc2cc(OC)ccc21. The molecule has 0 atom stereocenters. The van der Waals surface area contributed by atoms with Gasteiger partial charge in [-0.25, -0.2) is 4.79 Å². The first-order valence-corrected chi connectivity index (χ1v) is 8.31. The second kappa shape index (κ2) is 7.74. The van der Waals surface area contributed by atoms with Crippen molar-refractivity contribution in [3.8, 4) is 5.75 Å². The normalized spacial score (nSPS) is 10.5. The third-order valence-electron chi connectivity index (χ3n) is 3.99. The number of rotatable bonds is 6. The van der Waals surface area contributed by atoms with Gasteiger partial charge in [-0.15, -0.1) is 0 Å². The van der Waals surface area contributed by atoms with E-state index >= 15 is 0 Å². The molecule has 3 rings (SSSR count). The Hall–Kier alpha value is -3.28. The van der Waals surface area contributed by atoms with Crippen molar-refractivity contribution in [1.29, 1.82) is 0 Å². The van der Waals surface area contributed by atoms with Gasteiger partial charge in [-0.3, -0.25) is 4.79 Å². The van der Waals surface area contributed by atoms with Gasteiger partial charge in [0.05, 0.1) is 25.0 Å². The molecular weight excluding hydrogens is 332 g/mol. The molecule has 6 heteroatoms. The third-order valence-corrected chi connectivity index (χ3v) is 3.99. The molecule has 1 amide bonds. The molecule has 134 valence electrons. The number of carbonyl (C=O) groups is 2. The van der Waals surface area contributed by atoms with E-state index in [0.29, 0.717) is 11.3 Å². The van der Waals surface area contributed by atoms with Crippen LogP contribution in [0, 0.1) is 0 Å². The van der Waals surface area contributed by atoms with Crippen LogP contribution in [0.15, 0.2) is 54.7 Å². The topological polar surface area (TPSA) is 69.6 Å². The van der Waals surface area contributed by atoms with Crippen LogP contribution in [0.4, 0.5) is 5.69 Å². The highest BCUT2D eigenvalue weighted by atomic mass is 16.5. The second-order valence-corrected chi connectivity index (χ2v) is 5.68. The molecule has 26 heavy (non-hydrogen) atoms. The maximum atomic E-state index is 12.5. The van der Waals surface area contributed by atoms with Crippen molar-refractivity contribution >= 4 is 28.5 Å². The molecule has 3 aromatic rings. The Morgan fingerprint density at radius 2 is 1.92 bits per heavy atom. The fourth-order valence-electron chi connectivity index (χ4n) is 2.77. The Labute approximate surface area is 151 Å². The lowest BCUT2D eigenvalue weighted by atomic mass is 10.2. The summed E-state index contributed by atoms with van der Waals surface area (Å²) in [6.07, 6.45) is 1.85. The van der Waals surface area contributed by atoms with Gasteiger partial charge in [0, 0.05) is 17.1 Å². The maximum absolute atomic E-state index is 12.5. The molecule has 0 aliphatic carbocycles. The number of hydrogen-bond acceptors (Lipinski definition) is 4. The fourth-order valence-corrected chi connectivity index (χ4v) is 2.77. The molecule has 1 N–H and O–H groups in total. The molecule has 1 aromatic heterocycles. The molecule has 0 saturated heterocycles. The van der Waals surface area contributed by atoms with Crippen LogP contribution >= 0.6 is 0 Å². The van der Waals surface area contributed by atoms with E-state index in [-0.39, 0.29) is 19.1 Å². The monoisotopic (exact) mass is 352 g/mol. The Balaban J connectivity index is 1.77. The average molecular weight is 352 g/mol. The molecule has 0 saturated carbocycles. The number of ether oxygens (including phenoxy) is 2. The van der Waals surface area contributed by atoms with Gasteiger partial charge < -0.3 is 19.4 Å². The summed E-state index contributed by atoms with van der Waals surface area (Å²) in [5, 5.41) is 3.78. The van der Waals surface area contributed by atoms with Gasteiger partial charge in [0.1, 0.15) is 12.3 Å². The number of benzene rings is 2. The summed E-state index contributed by atoms with van der Waals surface area (Å²) in [6.45, 7) is 2.15. The van der Waals surface area contributed by atoms with Gasteiger partial charge in [0.25, 0.3) is 0 Å². The van der Waals surface area contributed by atoms with Crippen molar-refractivity contribution in [2.75, 3.05) is 19.0 Å². The molecule has 2 aromatic carbocycles. The van der Waals surface area contributed by atoms with E-state index < -0.39 is 5.97 Å². The van der Waals surface area contributed by atoms with Crippen LogP contribution < -0.4 is 10.1 Å². The van der Waals surface area contributed by atoms with E-state index in [0.717, 1.165) is 16.7 Å². The van der Waals surface area contributed by atoms with Gasteiger partial charge in [0.2, 0.25) is 5.91 Å². The Kier molecular flexibility index (Phi) is 5.22. The zero-order valence-corrected chi connectivity index (χ0v) is 14.7. The summed E-state index contributed by atoms with van der Waals surface area (Å²) >= 11 is 0. The standard InChI is InChI=1S/C20H20N2O4/c1-3-26-20(24)16-6-4-5-7-17(16)21-19(23)13-22-11-10-14-12-15(25-2)8-9-18(14)22/h4-12H,3,13H2,1-2H3,(H,21,23). The molecule has 0 spiro atoms. The van der Waals surface area contributed by atoms with E-state index in [1.165, 1.54) is 0 Å². The quantitative estimate of drug-likeness (QED) is 0.690. The largest absolute Gasteiger partial charge is 0.497 e. The minimum absolute atomic E-state index is 0.132. The lowest BCUT2D eigenvalue weighted by molar-refractivity contribution is -0.116. The number of aromatic nitrogens is 1. The van der Waals surface area contributed by atoms with Crippen molar-refractivity contribution < 1.29 is 19.1 Å². The van der Waals surface area contributed by atoms with Gasteiger partial charge in [-0.2, -0.15) is 0 Å². The molecule has 0 aliphatic heterocycles. The summed E-state index contributed by atoms with van der Waals surface area (Å²) < 4.78 is 12.1. The minimum atomic E-state index is -0.457. The summed E-state index contributed by atoms with van der Waals surface area (Å²) in [5.74, 6) is 0.0834. The number of esters is 1. The second-order valence-electron chi connectivity index (χ2n) is 5.68. The van der Waals surface area contributed by atoms with Crippen molar-refractivity contribution in [2.24, 2.45) is 0 Å². The number of hydrogen-bond donors (Lipinski definition) is 1. The van der Waals surface area contributed by atoms with Crippen LogP contribution in [0.2, 0.25) is 0 Å². The Bertz CT molecular complexity index is 946. The van der Waals surface area contributed by atoms with Crippen molar-refractivity contribution in [1.82, 2.24) is 4.57 Å². The van der Waals surface area contributed by atoms with Crippen molar-refractivity contribution in [3.05, 3.63) is 60.3 Å². The first-order valence-electron chi connectivity index (χ1n) is 8.31. The molecule has 0 unspecified atom stereocenters. The van der Waals surface area contributed by atoms with Crippen LogP contribution in [0.5, 0.6) is 5.75 Å². The molecular formula is C20H20N2O4. The molecule has 1 heterocycles. The van der Waals surface area contributed by atoms with Gasteiger partial charge in [-0.1, -0.05) is 12.1 Å². The summed E-state index contributed by atoms with van der Waals surface area (Å²) in [7, 11) is 1.62. The number of methoxy groups -OCH3 is 1. The van der Waals surface area contributed by atoms with E-state index in [4.69, 9.17) is 9.47 Å². The predicted octanol–water partition coefficient (Wildman–Crippen LogP) is 3.47. The highest BCUT2D eigenvalue weighted by molar-refractivity contribution is 6.01. The lowest BCUT2D eigenvalue weighted by Gasteiger charge is -2.11. The van der Waals surface area contributed by atoms with E-state index in [9.17, 15) is 9.59 Å². The smallest absolute Gasteiger partial charge is 0.340 e. The summed E-state index contributed by atoms with van der Waals surface area (Å²) in [5.41, 5.74) is 1.71. The van der Waals surface area contributed by atoms with E-state index in [2.05, 4.69) is 5.32 Å². The van der Waals surface area contributed by atoms with Crippen molar-refractivity contribution in [3.63, 3.8) is 0 Å². The predicted molar refractivity (Wildman–Crippen MR) is 99.5 cm³/mol. The van der Waals surface area contributed by atoms with E-state index in [1.54, 1.807) is 38.3 Å². The fraction of sp³-hybridized carbons (Fsp3) is 0.200. The number of carbonyl (C=O) groups excluding carboxylic acids is 2. The van der Waals surface area contributed by atoms with Crippen LogP contribution in [-0.4, -0.2) is 30.2 Å². The van der Waals surface area contributed by atoms with Gasteiger partial charge >= 0.3 is 5.97 Å². The Morgan fingerprint density at radius 1 is 1.12 bits per heavy atom. The number of fused-ring (bicyclic) bond motifs is 1. The summed E-state index contributed by atoms with van der Waals surface area (Å²) in [4.78, 5) is 24.5. The van der Waals surface area contributed by atoms with Gasteiger partial charge in [0.15, 0.2) is 0 Å². The molecule has 6 nitrogen and oxygen atoms in total. The highest BCUT2D eigenvalue weighted by Gasteiger charge is 2.14. The maximum Gasteiger partial charge on any atom is 0.340 e. The number of anilines is 1.